The minimum atomic E-state index is 1.03. The summed E-state index contributed by atoms with van der Waals surface area (Å²) in [7, 11) is 0. The zero-order valence-corrected chi connectivity index (χ0v) is 17.7. The van der Waals surface area contributed by atoms with Crippen molar-refractivity contribution in [2.75, 3.05) is 0 Å². The molecule has 8 rings (SSSR count). The Morgan fingerprint density at radius 3 is 1.78 bits per heavy atom. The molecule has 0 aliphatic heterocycles. The average Bonchev–Trinajstić information content (AvgIpc) is 3.42. The molecular formula is C32H20. The average molecular weight is 405 g/mol. The Balaban J connectivity index is 1.43. The van der Waals surface area contributed by atoms with Crippen molar-refractivity contribution in [1.29, 1.82) is 0 Å². The monoisotopic (exact) mass is 404 g/mol. The molecule has 0 spiro atoms. The van der Waals surface area contributed by atoms with Crippen molar-refractivity contribution in [3.63, 3.8) is 0 Å². The Labute approximate surface area is 186 Å². The van der Waals surface area contributed by atoms with E-state index in [0.717, 1.165) is 12.8 Å². The highest BCUT2D eigenvalue weighted by molar-refractivity contribution is 6.31. The Hall–Kier alpha value is -3.90. The summed E-state index contributed by atoms with van der Waals surface area (Å²) in [5.74, 6) is 0. The van der Waals surface area contributed by atoms with Gasteiger partial charge in [-0.15, -0.1) is 0 Å². The number of rotatable bonds is 2. The van der Waals surface area contributed by atoms with Crippen LogP contribution in [0.5, 0.6) is 0 Å². The molecule has 6 aromatic rings. The highest BCUT2D eigenvalue weighted by Gasteiger charge is 2.28. The van der Waals surface area contributed by atoms with E-state index < -0.39 is 0 Å². The molecule has 2 aliphatic carbocycles. The van der Waals surface area contributed by atoms with Crippen molar-refractivity contribution in [3.8, 4) is 22.3 Å². The zero-order chi connectivity index (χ0) is 20.8. The topological polar surface area (TPSA) is 0 Å². The fourth-order valence-corrected chi connectivity index (χ4v) is 6.32. The van der Waals surface area contributed by atoms with Crippen molar-refractivity contribution < 1.29 is 0 Å². The molecule has 0 nitrogen and oxygen atoms in total. The number of fused-ring (bicyclic) bond motifs is 1. The lowest BCUT2D eigenvalue weighted by Crippen LogP contribution is -1.91. The molecule has 0 atom stereocenters. The van der Waals surface area contributed by atoms with Gasteiger partial charge in [-0.1, -0.05) is 91.0 Å². The lowest BCUT2D eigenvalue weighted by molar-refractivity contribution is 1.24. The molecule has 0 aromatic heterocycles. The molecule has 0 heteroatoms. The molecular weight excluding hydrogens is 384 g/mol. The first-order valence-electron chi connectivity index (χ1n) is 11.5. The van der Waals surface area contributed by atoms with Gasteiger partial charge in [0.1, 0.15) is 0 Å². The van der Waals surface area contributed by atoms with Gasteiger partial charge >= 0.3 is 0 Å². The predicted octanol–water partition coefficient (Wildman–Crippen LogP) is 8.29. The second-order valence-corrected chi connectivity index (χ2v) is 9.29. The van der Waals surface area contributed by atoms with Crippen molar-refractivity contribution in [2.24, 2.45) is 0 Å². The van der Waals surface area contributed by atoms with E-state index in [2.05, 4.69) is 97.1 Å². The number of hydrogen-bond acceptors (Lipinski definition) is 0. The molecule has 0 fully saturated rings. The highest BCUT2D eigenvalue weighted by Crippen LogP contribution is 2.51. The van der Waals surface area contributed by atoms with Crippen LogP contribution in [0.4, 0.5) is 0 Å². The van der Waals surface area contributed by atoms with E-state index in [4.69, 9.17) is 0 Å². The normalized spacial score (nSPS) is 13.4. The smallest absolute Gasteiger partial charge is 0.000683 e. The molecule has 0 saturated carbocycles. The van der Waals surface area contributed by atoms with Crippen LogP contribution in [0, 0.1) is 0 Å². The van der Waals surface area contributed by atoms with E-state index in [1.165, 1.54) is 76.8 Å². The summed E-state index contributed by atoms with van der Waals surface area (Å²) in [6.45, 7) is 0. The van der Waals surface area contributed by atoms with Crippen LogP contribution in [0.2, 0.25) is 0 Å². The van der Waals surface area contributed by atoms with Crippen molar-refractivity contribution >= 4 is 32.3 Å². The first kappa shape index (κ1) is 16.8. The summed E-state index contributed by atoms with van der Waals surface area (Å²) in [6, 6.07) is 36.1. The van der Waals surface area contributed by atoms with Crippen LogP contribution >= 0.6 is 0 Å². The fraction of sp³-hybridized carbons (Fsp3) is 0.0625. The summed E-state index contributed by atoms with van der Waals surface area (Å²) in [4.78, 5) is 0. The van der Waals surface area contributed by atoms with E-state index >= 15 is 0 Å². The van der Waals surface area contributed by atoms with Gasteiger partial charge in [0, 0.05) is 0 Å². The third kappa shape index (κ3) is 2.03. The molecule has 0 unspecified atom stereocenters. The van der Waals surface area contributed by atoms with Crippen LogP contribution in [-0.4, -0.2) is 0 Å². The van der Waals surface area contributed by atoms with Crippen molar-refractivity contribution in [2.45, 2.75) is 12.8 Å². The standard InChI is InChI=1S/C32H20/c1-2-6-19(7-3-1)20-12-14-21(15-13-20)27-18-24-16-22-8-4-10-25-26-11-5-9-23-17-28(27)32(30(23)26)31(24)29(22)25/h1-15,18H,16-17H2. The zero-order valence-electron chi connectivity index (χ0n) is 17.7. The van der Waals surface area contributed by atoms with Gasteiger partial charge in [-0.25, -0.2) is 0 Å². The third-order valence-corrected chi connectivity index (χ3v) is 7.66. The van der Waals surface area contributed by atoms with Gasteiger partial charge in [0.15, 0.2) is 0 Å². The number of benzene rings is 6. The minimum absolute atomic E-state index is 1.03. The van der Waals surface area contributed by atoms with E-state index in [1.54, 1.807) is 0 Å². The molecule has 0 amide bonds. The second kappa shape index (κ2) is 5.87. The van der Waals surface area contributed by atoms with Crippen LogP contribution in [0.1, 0.15) is 22.3 Å². The predicted molar refractivity (Wildman–Crippen MR) is 135 cm³/mol. The Morgan fingerprint density at radius 2 is 1.03 bits per heavy atom. The first-order chi connectivity index (χ1) is 15.9. The van der Waals surface area contributed by atoms with Gasteiger partial charge in [-0.05, 0) is 95.7 Å². The summed E-state index contributed by atoms with van der Waals surface area (Å²) >= 11 is 0. The Bertz CT molecular complexity index is 1740. The molecule has 0 saturated heterocycles. The minimum Gasteiger partial charge on any atom is -0.0622 e. The molecule has 2 aliphatic rings. The fourth-order valence-electron chi connectivity index (χ4n) is 6.32. The molecule has 32 heavy (non-hydrogen) atoms. The molecule has 6 aromatic carbocycles. The van der Waals surface area contributed by atoms with Crippen LogP contribution < -0.4 is 0 Å². The summed E-state index contributed by atoms with van der Waals surface area (Å²) in [5.41, 5.74) is 11.3. The summed E-state index contributed by atoms with van der Waals surface area (Å²) in [6.07, 6.45) is 2.08. The van der Waals surface area contributed by atoms with Crippen LogP contribution in [0.25, 0.3) is 54.6 Å². The summed E-state index contributed by atoms with van der Waals surface area (Å²) < 4.78 is 0. The van der Waals surface area contributed by atoms with E-state index in [1.807, 2.05) is 0 Å². The maximum Gasteiger partial charge on any atom is -0.000683 e. The molecule has 0 N–H and O–H groups in total. The van der Waals surface area contributed by atoms with Gasteiger partial charge in [0.2, 0.25) is 0 Å². The molecule has 148 valence electrons. The van der Waals surface area contributed by atoms with Crippen molar-refractivity contribution in [1.82, 2.24) is 0 Å². The van der Waals surface area contributed by atoms with E-state index in [0.29, 0.717) is 0 Å². The van der Waals surface area contributed by atoms with Crippen LogP contribution in [0.3, 0.4) is 0 Å². The highest BCUT2D eigenvalue weighted by atomic mass is 14.3. The lowest BCUT2D eigenvalue weighted by atomic mass is 9.90. The SMILES string of the molecule is c1ccc(-c2ccc(-c3cc4c5c6c(cccc6c6cccc7c6c5c3C7)C4)cc2)cc1. The third-order valence-electron chi connectivity index (χ3n) is 7.66. The van der Waals surface area contributed by atoms with Crippen LogP contribution in [0.15, 0.2) is 97.1 Å². The molecule has 0 bridgehead atoms. The van der Waals surface area contributed by atoms with E-state index in [-0.39, 0.29) is 0 Å². The van der Waals surface area contributed by atoms with Gasteiger partial charge in [0.25, 0.3) is 0 Å². The maximum atomic E-state index is 2.49. The molecule has 0 radical (unpaired) electrons. The lowest BCUT2D eigenvalue weighted by Gasteiger charge is -2.13. The Kier molecular flexibility index (Phi) is 3.07. The maximum absolute atomic E-state index is 2.49. The second-order valence-electron chi connectivity index (χ2n) is 9.29. The van der Waals surface area contributed by atoms with Crippen LogP contribution in [-0.2, 0) is 12.8 Å². The van der Waals surface area contributed by atoms with Gasteiger partial charge < -0.3 is 0 Å². The van der Waals surface area contributed by atoms with Gasteiger partial charge in [-0.3, -0.25) is 0 Å². The largest absolute Gasteiger partial charge is 0.0622 e. The van der Waals surface area contributed by atoms with E-state index in [9.17, 15) is 0 Å². The van der Waals surface area contributed by atoms with Gasteiger partial charge in [-0.2, -0.15) is 0 Å². The quantitative estimate of drug-likeness (QED) is 0.254. The molecule has 0 heterocycles. The van der Waals surface area contributed by atoms with Gasteiger partial charge in [0.05, 0.1) is 0 Å². The summed E-state index contributed by atoms with van der Waals surface area (Å²) in [5, 5.41) is 8.89. The van der Waals surface area contributed by atoms with Crippen molar-refractivity contribution in [3.05, 3.63) is 119 Å². The first-order valence-corrected chi connectivity index (χ1v) is 11.5. The Morgan fingerprint density at radius 1 is 0.406 bits per heavy atom. The number of hydrogen-bond donors (Lipinski definition) is 0.